The first kappa shape index (κ1) is 17.3. The summed E-state index contributed by atoms with van der Waals surface area (Å²) in [5.41, 5.74) is 0.140. The van der Waals surface area contributed by atoms with Gasteiger partial charge in [0, 0.05) is 14.7 Å². The van der Waals surface area contributed by atoms with Crippen molar-refractivity contribution in [1.82, 2.24) is 3.97 Å². The fourth-order valence-electron chi connectivity index (χ4n) is 2.53. The molecule has 0 saturated heterocycles. The molecule has 0 N–H and O–H groups in total. The topological polar surface area (TPSA) is 39.1 Å². The molecule has 0 radical (unpaired) electrons. The molecule has 0 aliphatic rings. The van der Waals surface area contributed by atoms with Gasteiger partial charge in [0.05, 0.1) is 16.0 Å². The first-order valence-electron chi connectivity index (χ1n) is 6.82. The number of hydrogen-bond donors (Lipinski definition) is 0. The summed E-state index contributed by atoms with van der Waals surface area (Å²) < 4.78 is 65.8. The highest BCUT2D eigenvalue weighted by atomic mass is 127. The van der Waals surface area contributed by atoms with Gasteiger partial charge in [0.1, 0.15) is 0 Å². The molecule has 0 saturated carbocycles. The van der Waals surface area contributed by atoms with Gasteiger partial charge in [-0.1, -0.05) is 18.2 Å². The quantitative estimate of drug-likeness (QED) is 0.510. The molecular weight excluding hydrogens is 454 g/mol. The molecule has 3 nitrogen and oxygen atoms in total. The van der Waals surface area contributed by atoms with Crippen LogP contribution in [0.5, 0.6) is 0 Å². The predicted molar refractivity (Wildman–Crippen MR) is 93.4 cm³/mol. The van der Waals surface area contributed by atoms with Gasteiger partial charge in [-0.15, -0.1) is 0 Å². The number of benzene rings is 2. The maximum Gasteiger partial charge on any atom is 0.416 e. The normalized spacial score (nSPS) is 12.7. The monoisotopic (exact) mass is 465 g/mol. The van der Waals surface area contributed by atoms with E-state index < -0.39 is 21.8 Å². The second kappa shape index (κ2) is 5.76. The van der Waals surface area contributed by atoms with Crippen molar-refractivity contribution >= 4 is 43.5 Å². The van der Waals surface area contributed by atoms with Gasteiger partial charge in [0.15, 0.2) is 0 Å². The van der Waals surface area contributed by atoms with E-state index in [-0.39, 0.29) is 4.90 Å². The zero-order valence-corrected chi connectivity index (χ0v) is 15.3. The minimum Gasteiger partial charge on any atom is -0.237 e. The Balaban J connectivity index is 2.21. The number of fused-ring (bicyclic) bond motifs is 1. The second-order valence-electron chi connectivity index (χ2n) is 5.21. The van der Waals surface area contributed by atoms with E-state index in [9.17, 15) is 21.6 Å². The lowest BCUT2D eigenvalue weighted by Crippen LogP contribution is -2.15. The number of hydrogen-bond acceptors (Lipinski definition) is 2. The number of halogens is 4. The number of alkyl halides is 3. The molecule has 0 atom stereocenters. The van der Waals surface area contributed by atoms with Crippen LogP contribution in [-0.4, -0.2) is 12.4 Å². The lowest BCUT2D eigenvalue weighted by molar-refractivity contribution is -0.137. The molecule has 1 heterocycles. The van der Waals surface area contributed by atoms with Gasteiger partial charge in [-0.05, 0) is 59.8 Å². The molecule has 24 heavy (non-hydrogen) atoms. The number of aromatic nitrogens is 1. The van der Waals surface area contributed by atoms with Crippen molar-refractivity contribution in [2.75, 3.05) is 0 Å². The van der Waals surface area contributed by atoms with Crippen LogP contribution in [0.2, 0.25) is 0 Å². The molecule has 0 aliphatic carbocycles. The Morgan fingerprint density at radius 2 is 1.58 bits per heavy atom. The first-order valence-corrected chi connectivity index (χ1v) is 9.34. The Morgan fingerprint density at radius 1 is 1.00 bits per heavy atom. The average molecular weight is 465 g/mol. The van der Waals surface area contributed by atoms with E-state index in [0.29, 0.717) is 11.2 Å². The van der Waals surface area contributed by atoms with Crippen LogP contribution >= 0.6 is 22.6 Å². The van der Waals surface area contributed by atoms with E-state index in [4.69, 9.17) is 0 Å². The third kappa shape index (κ3) is 2.71. The van der Waals surface area contributed by atoms with E-state index >= 15 is 0 Å². The standard InChI is InChI=1S/C16H11F3INO2S/c1-10-15(20)13-4-2-3-5-14(13)21(10)24(22,23)12-8-6-11(7-9-12)16(17,18)19/h2-9H,1H3. The van der Waals surface area contributed by atoms with Crippen molar-refractivity contribution < 1.29 is 21.6 Å². The van der Waals surface area contributed by atoms with Crippen LogP contribution < -0.4 is 0 Å². The largest absolute Gasteiger partial charge is 0.416 e. The Kier molecular flexibility index (Phi) is 4.15. The SMILES string of the molecule is Cc1c(I)c2ccccc2n1S(=O)(=O)c1ccc(C(F)(F)F)cc1. The maximum absolute atomic E-state index is 12.9. The molecule has 3 aromatic rings. The smallest absolute Gasteiger partial charge is 0.237 e. The van der Waals surface area contributed by atoms with Crippen molar-refractivity contribution in [2.45, 2.75) is 18.0 Å². The van der Waals surface area contributed by atoms with Gasteiger partial charge in [-0.2, -0.15) is 13.2 Å². The summed E-state index contributed by atoms with van der Waals surface area (Å²) in [6.45, 7) is 1.67. The highest BCUT2D eigenvalue weighted by Gasteiger charge is 2.31. The summed E-state index contributed by atoms with van der Waals surface area (Å²) in [6.07, 6.45) is -4.51. The van der Waals surface area contributed by atoms with Crippen molar-refractivity contribution in [3.8, 4) is 0 Å². The molecule has 0 bridgehead atoms. The maximum atomic E-state index is 12.9. The zero-order valence-electron chi connectivity index (χ0n) is 12.3. The Hall–Kier alpha value is -1.55. The minimum absolute atomic E-state index is 0.184. The van der Waals surface area contributed by atoms with Crippen molar-refractivity contribution in [3.63, 3.8) is 0 Å². The van der Waals surface area contributed by atoms with Gasteiger partial charge < -0.3 is 0 Å². The van der Waals surface area contributed by atoms with Crippen LogP contribution in [-0.2, 0) is 16.2 Å². The molecule has 0 unspecified atom stereocenters. The van der Waals surface area contributed by atoms with Crippen LogP contribution in [0.25, 0.3) is 10.9 Å². The Morgan fingerprint density at radius 3 is 2.17 bits per heavy atom. The lowest BCUT2D eigenvalue weighted by Gasteiger charge is -2.11. The molecule has 8 heteroatoms. The summed E-state index contributed by atoms with van der Waals surface area (Å²) in [7, 11) is -3.99. The molecule has 0 aliphatic heterocycles. The summed E-state index contributed by atoms with van der Waals surface area (Å²) in [5.74, 6) is 0. The van der Waals surface area contributed by atoms with Crippen molar-refractivity contribution in [2.24, 2.45) is 0 Å². The highest BCUT2D eigenvalue weighted by molar-refractivity contribution is 14.1. The van der Waals surface area contributed by atoms with E-state index in [1.165, 1.54) is 3.97 Å². The van der Waals surface area contributed by atoms with Gasteiger partial charge in [0.25, 0.3) is 10.0 Å². The van der Waals surface area contributed by atoms with E-state index in [1.807, 2.05) is 6.07 Å². The summed E-state index contributed by atoms with van der Waals surface area (Å²) >= 11 is 2.06. The van der Waals surface area contributed by atoms with E-state index in [2.05, 4.69) is 22.6 Å². The summed E-state index contributed by atoms with van der Waals surface area (Å²) in [4.78, 5) is -0.184. The van der Waals surface area contributed by atoms with Crippen LogP contribution in [0.4, 0.5) is 13.2 Å². The number of para-hydroxylation sites is 1. The lowest BCUT2D eigenvalue weighted by atomic mass is 10.2. The molecule has 126 valence electrons. The van der Waals surface area contributed by atoms with Gasteiger partial charge in [-0.25, -0.2) is 12.4 Å². The first-order chi connectivity index (χ1) is 11.1. The third-order valence-corrected chi connectivity index (χ3v) is 6.88. The molecule has 0 amide bonds. The van der Waals surface area contributed by atoms with Gasteiger partial charge >= 0.3 is 6.18 Å². The van der Waals surface area contributed by atoms with E-state index in [1.54, 1.807) is 25.1 Å². The Bertz CT molecular complexity index is 1020. The highest BCUT2D eigenvalue weighted by Crippen LogP contribution is 2.33. The van der Waals surface area contributed by atoms with Crippen molar-refractivity contribution in [1.29, 1.82) is 0 Å². The molecule has 0 fully saturated rings. The van der Waals surface area contributed by atoms with Crippen LogP contribution in [0.15, 0.2) is 53.4 Å². The fraction of sp³-hybridized carbons (Fsp3) is 0.125. The fourth-order valence-corrected chi connectivity index (χ4v) is 4.95. The number of nitrogens with zero attached hydrogens (tertiary/aromatic N) is 1. The van der Waals surface area contributed by atoms with Gasteiger partial charge in [0.2, 0.25) is 0 Å². The Labute approximate surface area is 150 Å². The van der Waals surface area contributed by atoms with Gasteiger partial charge in [-0.3, -0.25) is 0 Å². The van der Waals surface area contributed by atoms with Crippen LogP contribution in [0, 0.1) is 10.5 Å². The zero-order chi connectivity index (χ0) is 17.7. The minimum atomic E-state index is -4.51. The second-order valence-corrected chi connectivity index (χ2v) is 8.07. The van der Waals surface area contributed by atoms with Crippen molar-refractivity contribution in [3.05, 3.63) is 63.4 Å². The van der Waals surface area contributed by atoms with Crippen LogP contribution in [0.3, 0.4) is 0 Å². The van der Waals surface area contributed by atoms with Crippen LogP contribution in [0.1, 0.15) is 11.3 Å². The molecule has 1 aromatic heterocycles. The summed E-state index contributed by atoms with van der Waals surface area (Å²) in [5, 5.41) is 0.783. The third-order valence-electron chi connectivity index (χ3n) is 3.70. The average Bonchev–Trinajstić information content (AvgIpc) is 2.79. The number of rotatable bonds is 2. The molecule has 2 aromatic carbocycles. The molecule has 3 rings (SSSR count). The summed E-state index contributed by atoms with van der Waals surface area (Å²) in [6, 6.07) is 10.5. The van der Waals surface area contributed by atoms with E-state index in [0.717, 1.165) is 33.2 Å². The predicted octanol–water partition coefficient (Wildman–Crippen LogP) is 4.81. The molecule has 0 spiro atoms. The molecular formula is C16H11F3INO2S.